The Morgan fingerprint density at radius 1 is 1.12 bits per heavy atom. The summed E-state index contributed by atoms with van der Waals surface area (Å²) >= 11 is 0. The molecule has 25 heavy (non-hydrogen) atoms. The average Bonchev–Trinajstić information content (AvgIpc) is 2.66. The number of nitrogens with one attached hydrogen (secondary N) is 1. The molecule has 0 aliphatic rings. The molecule has 0 heterocycles. The molecule has 1 atom stereocenters. The second-order valence-corrected chi connectivity index (χ2v) is 6.23. The van der Waals surface area contributed by atoms with E-state index in [-0.39, 0.29) is 5.91 Å². The van der Waals surface area contributed by atoms with Crippen LogP contribution in [0.25, 0.3) is 0 Å². The summed E-state index contributed by atoms with van der Waals surface area (Å²) in [7, 11) is 1.68. The maximum atomic E-state index is 12.4. The smallest absolute Gasteiger partial charge is 0.251 e. The van der Waals surface area contributed by atoms with Crippen LogP contribution in [-0.4, -0.2) is 31.2 Å². The Hall–Kier alpha value is -2.17. The predicted octanol–water partition coefficient (Wildman–Crippen LogP) is 3.99. The molecule has 0 fully saturated rings. The lowest BCUT2D eigenvalue weighted by atomic mass is 10.0. The van der Waals surface area contributed by atoms with Crippen molar-refractivity contribution in [2.75, 3.05) is 20.2 Å². The first kappa shape index (κ1) is 19.2. The van der Waals surface area contributed by atoms with Gasteiger partial charge in [-0.15, -0.1) is 0 Å². The summed E-state index contributed by atoms with van der Waals surface area (Å²) in [6, 6.07) is 18.1. The first-order valence-corrected chi connectivity index (χ1v) is 8.85. The Morgan fingerprint density at radius 2 is 1.80 bits per heavy atom. The van der Waals surface area contributed by atoms with Crippen molar-refractivity contribution in [3.63, 3.8) is 0 Å². The van der Waals surface area contributed by atoms with Gasteiger partial charge in [0.05, 0.1) is 7.11 Å². The molecule has 1 N–H and O–H groups in total. The third-order valence-corrected chi connectivity index (χ3v) is 4.25. The second-order valence-electron chi connectivity index (χ2n) is 6.23. The van der Waals surface area contributed by atoms with Crippen LogP contribution in [0.15, 0.2) is 54.6 Å². The summed E-state index contributed by atoms with van der Waals surface area (Å²) in [5, 5.41) is 4.85. The molecule has 0 spiro atoms. The fourth-order valence-electron chi connectivity index (χ4n) is 2.80. The molecule has 4 heteroatoms. The normalized spacial score (nSPS) is 12.2. The van der Waals surface area contributed by atoms with E-state index in [2.05, 4.69) is 36.5 Å². The van der Waals surface area contributed by atoms with Gasteiger partial charge in [0.25, 0.3) is 5.91 Å². The monoisotopic (exact) mass is 340 g/mol. The number of hydroxylamine groups is 2. The maximum absolute atomic E-state index is 12.4. The molecule has 2 rings (SSSR count). The van der Waals surface area contributed by atoms with E-state index in [1.807, 2.05) is 42.3 Å². The minimum atomic E-state index is -0.0235. The highest BCUT2D eigenvalue weighted by molar-refractivity contribution is 5.95. The second kappa shape index (κ2) is 9.97. The van der Waals surface area contributed by atoms with E-state index in [0.29, 0.717) is 24.6 Å². The van der Waals surface area contributed by atoms with Gasteiger partial charge in [-0.2, -0.15) is 5.06 Å². The van der Waals surface area contributed by atoms with Crippen LogP contribution in [0, 0.1) is 0 Å². The van der Waals surface area contributed by atoms with Crippen molar-refractivity contribution in [1.29, 1.82) is 0 Å². The van der Waals surface area contributed by atoms with Crippen LogP contribution < -0.4 is 5.32 Å². The van der Waals surface area contributed by atoms with E-state index >= 15 is 0 Å². The number of amides is 1. The van der Waals surface area contributed by atoms with E-state index in [1.165, 1.54) is 5.56 Å². The van der Waals surface area contributed by atoms with Gasteiger partial charge in [-0.05, 0) is 29.5 Å². The van der Waals surface area contributed by atoms with Gasteiger partial charge < -0.3 is 10.2 Å². The Morgan fingerprint density at radius 3 is 2.48 bits per heavy atom. The molecule has 2 aromatic rings. The molecule has 0 saturated carbocycles. The van der Waals surface area contributed by atoms with Gasteiger partial charge in [-0.1, -0.05) is 62.4 Å². The summed E-state index contributed by atoms with van der Waals surface area (Å²) in [5.41, 5.74) is 2.96. The van der Waals surface area contributed by atoms with Crippen molar-refractivity contribution in [1.82, 2.24) is 10.4 Å². The zero-order chi connectivity index (χ0) is 18.1. The molecule has 1 unspecified atom stereocenters. The summed E-state index contributed by atoms with van der Waals surface area (Å²) in [6.07, 6.45) is 0.923. The number of benzene rings is 2. The largest absolute Gasteiger partial charge is 0.352 e. The van der Waals surface area contributed by atoms with Crippen molar-refractivity contribution in [2.45, 2.75) is 32.7 Å². The molecule has 0 aromatic heterocycles. The van der Waals surface area contributed by atoms with Crippen LogP contribution in [0.4, 0.5) is 0 Å². The fraction of sp³-hybridized carbons (Fsp3) is 0.381. The highest BCUT2D eigenvalue weighted by Crippen LogP contribution is 2.19. The Kier molecular flexibility index (Phi) is 7.64. The molecule has 2 aromatic carbocycles. The molecular formula is C21H28N2O2. The summed E-state index contributed by atoms with van der Waals surface area (Å²) < 4.78 is 0. The van der Waals surface area contributed by atoms with E-state index < -0.39 is 0 Å². The number of carbonyl (C=O) groups is 1. The van der Waals surface area contributed by atoms with Crippen molar-refractivity contribution < 1.29 is 9.63 Å². The summed E-state index contributed by atoms with van der Waals surface area (Å²) in [5.74, 6) is 0.312. The Balaban J connectivity index is 2.07. The third kappa shape index (κ3) is 5.69. The zero-order valence-electron chi connectivity index (χ0n) is 15.4. The number of hydrogen-bond acceptors (Lipinski definition) is 3. The molecule has 4 nitrogen and oxygen atoms in total. The van der Waals surface area contributed by atoms with E-state index in [4.69, 9.17) is 4.84 Å². The van der Waals surface area contributed by atoms with Gasteiger partial charge >= 0.3 is 0 Å². The van der Waals surface area contributed by atoms with Crippen molar-refractivity contribution in [3.05, 3.63) is 71.3 Å². The molecule has 134 valence electrons. The fourth-order valence-corrected chi connectivity index (χ4v) is 2.80. The molecule has 0 aliphatic carbocycles. The van der Waals surface area contributed by atoms with Gasteiger partial charge in [-0.3, -0.25) is 4.79 Å². The standard InChI is InChI=1S/C21H28N2O2/c1-4-14-22-21(24)20-13-9-8-12-19(20)16-23(25-3)15-17(2)18-10-6-5-7-11-18/h5-13,17H,4,14-16H2,1-3H3,(H,22,24). The molecule has 1 amide bonds. The Bertz CT molecular complexity index is 658. The maximum Gasteiger partial charge on any atom is 0.251 e. The summed E-state index contributed by atoms with van der Waals surface area (Å²) in [6.45, 7) is 6.24. The van der Waals surface area contributed by atoms with Gasteiger partial charge in [0.1, 0.15) is 0 Å². The SMILES string of the molecule is CCCNC(=O)c1ccccc1CN(CC(C)c1ccccc1)OC. The lowest BCUT2D eigenvalue weighted by Crippen LogP contribution is -2.29. The molecular weight excluding hydrogens is 312 g/mol. The molecule has 0 radical (unpaired) electrons. The minimum Gasteiger partial charge on any atom is -0.352 e. The van der Waals surface area contributed by atoms with Gasteiger partial charge in [0.2, 0.25) is 0 Å². The van der Waals surface area contributed by atoms with Crippen LogP contribution in [0.3, 0.4) is 0 Å². The topological polar surface area (TPSA) is 41.6 Å². The van der Waals surface area contributed by atoms with Gasteiger partial charge in [-0.25, -0.2) is 0 Å². The molecule has 0 aliphatic heterocycles. The average molecular weight is 340 g/mol. The van der Waals surface area contributed by atoms with Crippen LogP contribution in [0.2, 0.25) is 0 Å². The first-order chi connectivity index (χ1) is 12.2. The predicted molar refractivity (Wildman–Crippen MR) is 101 cm³/mol. The number of carbonyl (C=O) groups excluding carboxylic acids is 1. The number of rotatable bonds is 9. The van der Waals surface area contributed by atoms with Crippen LogP contribution >= 0.6 is 0 Å². The van der Waals surface area contributed by atoms with Crippen LogP contribution in [0.1, 0.15) is 47.7 Å². The molecule has 0 saturated heterocycles. The number of nitrogens with zero attached hydrogens (tertiary/aromatic N) is 1. The van der Waals surface area contributed by atoms with Crippen LogP contribution in [0.5, 0.6) is 0 Å². The van der Waals surface area contributed by atoms with Crippen molar-refractivity contribution in [2.24, 2.45) is 0 Å². The number of hydrogen-bond donors (Lipinski definition) is 1. The summed E-state index contributed by atoms with van der Waals surface area (Å²) in [4.78, 5) is 17.9. The lowest BCUT2D eigenvalue weighted by Gasteiger charge is -2.24. The first-order valence-electron chi connectivity index (χ1n) is 8.85. The van der Waals surface area contributed by atoms with E-state index in [0.717, 1.165) is 18.5 Å². The van der Waals surface area contributed by atoms with Gasteiger partial charge in [0, 0.05) is 25.2 Å². The molecule has 0 bridgehead atoms. The quantitative estimate of drug-likeness (QED) is 0.702. The lowest BCUT2D eigenvalue weighted by molar-refractivity contribution is -0.141. The Labute approximate surface area is 150 Å². The highest BCUT2D eigenvalue weighted by Gasteiger charge is 2.16. The zero-order valence-corrected chi connectivity index (χ0v) is 15.4. The van der Waals surface area contributed by atoms with E-state index in [1.54, 1.807) is 7.11 Å². The third-order valence-electron chi connectivity index (χ3n) is 4.25. The minimum absolute atomic E-state index is 0.0235. The van der Waals surface area contributed by atoms with E-state index in [9.17, 15) is 4.79 Å². The van der Waals surface area contributed by atoms with Gasteiger partial charge in [0.15, 0.2) is 0 Å². The van der Waals surface area contributed by atoms with Crippen molar-refractivity contribution >= 4 is 5.91 Å². The highest BCUT2D eigenvalue weighted by atomic mass is 16.7. The van der Waals surface area contributed by atoms with Crippen molar-refractivity contribution in [3.8, 4) is 0 Å². The van der Waals surface area contributed by atoms with Crippen LogP contribution in [-0.2, 0) is 11.4 Å².